The van der Waals surface area contributed by atoms with Crippen molar-refractivity contribution in [3.8, 4) is 0 Å². The first-order chi connectivity index (χ1) is 9.95. The lowest BCUT2D eigenvalue weighted by molar-refractivity contribution is -0.143. The predicted octanol–water partition coefficient (Wildman–Crippen LogP) is 1.01. The van der Waals surface area contributed by atoms with E-state index < -0.39 is 17.9 Å². The highest BCUT2D eigenvalue weighted by Gasteiger charge is 2.24. The second kappa shape index (κ2) is 8.08. The lowest BCUT2D eigenvalue weighted by atomic mass is 9.99. The Balaban J connectivity index is 2.36. The van der Waals surface area contributed by atoms with Gasteiger partial charge < -0.3 is 20.2 Å². The van der Waals surface area contributed by atoms with E-state index >= 15 is 0 Å². The van der Waals surface area contributed by atoms with Crippen molar-refractivity contribution in [3.05, 3.63) is 24.2 Å². The predicted molar refractivity (Wildman–Crippen MR) is 74.7 cm³/mol. The van der Waals surface area contributed by atoms with Gasteiger partial charge in [-0.15, -0.1) is 0 Å². The molecule has 0 fully saturated rings. The summed E-state index contributed by atoms with van der Waals surface area (Å²) in [6, 6.07) is 0.603. The fourth-order valence-electron chi connectivity index (χ4n) is 1.71. The number of nitrogens with one attached hydrogen (secondary N) is 2. The summed E-state index contributed by atoms with van der Waals surface area (Å²) in [5.74, 6) is -1.96. The van der Waals surface area contributed by atoms with Gasteiger partial charge in [-0.2, -0.15) is 0 Å². The van der Waals surface area contributed by atoms with Crippen LogP contribution in [0.3, 0.4) is 0 Å². The lowest BCUT2D eigenvalue weighted by Gasteiger charge is -2.20. The van der Waals surface area contributed by atoms with Gasteiger partial charge in [-0.1, -0.05) is 20.3 Å². The number of carbonyl (C=O) groups is 3. The fourth-order valence-corrected chi connectivity index (χ4v) is 1.71. The van der Waals surface area contributed by atoms with E-state index in [0.29, 0.717) is 12.0 Å². The Morgan fingerprint density at radius 3 is 2.62 bits per heavy atom. The zero-order valence-electron chi connectivity index (χ0n) is 12.1. The largest absolute Gasteiger partial charge is 0.480 e. The SMILES string of the molecule is CCC(C)C(NC(=O)CCNC(=O)c1ccoc1)C(=O)O. The summed E-state index contributed by atoms with van der Waals surface area (Å²) in [5.41, 5.74) is 0.374. The van der Waals surface area contributed by atoms with E-state index in [2.05, 4.69) is 10.6 Å². The average molecular weight is 296 g/mol. The molecule has 7 nitrogen and oxygen atoms in total. The number of carboxylic acid groups (broad SMARTS) is 1. The summed E-state index contributed by atoms with van der Waals surface area (Å²) in [6.07, 6.45) is 3.35. The molecule has 1 aromatic heterocycles. The van der Waals surface area contributed by atoms with Gasteiger partial charge in [-0.3, -0.25) is 9.59 Å². The average Bonchev–Trinajstić information content (AvgIpc) is 2.97. The highest BCUT2D eigenvalue weighted by Crippen LogP contribution is 2.08. The Bertz CT molecular complexity index is 484. The molecule has 0 saturated heterocycles. The second-order valence-electron chi connectivity index (χ2n) is 4.79. The van der Waals surface area contributed by atoms with Crippen molar-refractivity contribution < 1.29 is 23.9 Å². The minimum Gasteiger partial charge on any atom is -0.480 e. The smallest absolute Gasteiger partial charge is 0.326 e. The summed E-state index contributed by atoms with van der Waals surface area (Å²) in [7, 11) is 0. The Morgan fingerprint density at radius 1 is 1.38 bits per heavy atom. The zero-order valence-corrected chi connectivity index (χ0v) is 12.1. The minimum atomic E-state index is -1.06. The molecular formula is C14H20N2O5. The zero-order chi connectivity index (χ0) is 15.8. The van der Waals surface area contributed by atoms with Crippen LogP contribution in [0.5, 0.6) is 0 Å². The molecule has 116 valence electrons. The Kier molecular flexibility index (Phi) is 6.45. The van der Waals surface area contributed by atoms with Crippen LogP contribution in [0.15, 0.2) is 23.0 Å². The van der Waals surface area contributed by atoms with E-state index in [4.69, 9.17) is 9.52 Å². The number of amides is 2. The van der Waals surface area contributed by atoms with Gasteiger partial charge in [0.2, 0.25) is 5.91 Å². The number of carbonyl (C=O) groups excluding carboxylic acids is 2. The number of hydrogen-bond donors (Lipinski definition) is 3. The maximum atomic E-state index is 11.7. The van der Waals surface area contributed by atoms with Gasteiger partial charge in [0.1, 0.15) is 12.3 Å². The van der Waals surface area contributed by atoms with E-state index in [1.807, 2.05) is 6.92 Å². The van der Waals surface area contributed by atoms with Crippen molar-refractivity contribution in [1.82, 2.24) is 10.6 Å². The van der Waals surface area contributed by atoms with Crippen molar-refractivity contribution in [2.45, 2.75) is 32.7 Å². The van der Waals surface area contributed by atoms with Gasteiger partial charge in [0, 0.05) is 13.0 Å². The summed E-state index contributed by atoms with van der Waals surface area (Å²) in [6.45, 7) is 3.75. The van der Waals surface area contributed by atoms with E-state index in [9.17, 15) is 14.4 Å². The Labute approximate surface area is 122 Å². The monoisotopic (exact) mass is 296 g/mol. The molecule has 2 atom stereocenters. The van der Waals surface area contributed by atoms with E-state index in [-0.39, 0.29) is 24.8 Å². The molecule has 21 heavy (non-hydrogen) atoms. The molecule has 1 heterocycles. The van der Waals surface area contributed by atoms with Crippen LogP contribution in [0.4, 0.5) is 0 Å². The third kappa shape index (κ3) is 5.29. The molecule has 2 amide bonds. The first-order valence-corrected chi connectivity index (χ1v) is 6.78. The van der Waals surface area contributed by atoms with Crippen LogP contribution in [-0.4, -0.2) is 35.5 Å². The first-order valence-electron chi connectivity index (χ1n) is 6.78. The normalized spacial score (nSPS) is 13.2. The molecule has 0 bridgehead atoms. The summed E-state index contributed by atoms with van der Waals surface area (Å²) < 4.78 is 4.78. The van der Waals surface area contributed by atoms with E-state index in [1.54, 1.807) is 6.92 Å². The maximum Gasteiger partial charge on any atom is 0.326 e. The molecule has 3 N–H and O–H groups in total. The summed E-state index contributed by atoms with van der Waals surface area (Å²) in [5, 5.41) is 14.1. The maximum absolute atomic E-state index is 11.7. The molecular weight excluding hydrogens is 276 g/mol. The van der Waals surface area contributed by atoms with Gasteiger partial charge in [-0.25, -0.2) is 4.79 Å². The van der Waals surface area contributed by atoms with Gasteiger partial charge in [0.05, 0.1) is 11.8 Å². The molecule has 0 saturated carbocycles. The number of furan rings is 1. The molecule has 0 radical (unpaired) electrons. The standard InChI is InChI=1S/C14H20N2O5/c1-3-9(2)12(14(19)20)16-11(17)4-6-15-13(18)10-5-7-21-8-10/h5,7-9,12H,3-4,6H2,1-2H3,(H,15,18)(H,16,17)(H,19,20). The Morgan fingerprint density at radius 2 is 2.10 bits per heavy atom. The number of rotatable bonds is 8. The fraction of sp³-hybridized carbons (Fsp3) is 0.500. The van der Waals surface area contributed by atoms with Crippen molar-refractivity contribution in [2.24, 2.45) is 5.92 Å². The quantitative estimate of drug-likeness (QED) is 0.663. The van der Waals surface area contributed by atoms with Crippen molar-refractivity contribution >= 4 is 17.8 Å². The summed E-state index contributed by atoms with van der Waals surface area (Å²) in [4.78, 5) is 34.4. The molecule has 2 unspecified atom stereocenters. The molecule has 1 aromatic rings. The third-order valence-corrected chi connectivity index (χ3v) is 3.22. The number of aliphatic carboxylic acids is 1. The molecule has 0 aliphatic rings. The van der Waals surface area contributed by atoms with Crippen LogP contribution < -0.4 is 10.6 Å². The van der Waals surface area contributed by atoms with Crippen LogP contribution >= 0.6 is 0 Å². The number of hydrogen-bond acceptors (Lipinski definition) is 4. The second-order valence-corrected chi connectivity index (χ2v) is 4.79. The van der Waals surface area contributed by atoms with E-state index in [0.717, 1.165) is 0 Å². The molecule has 0 aliphatic heterocycles. The highest BCUT2D eigenvalue weighted by molar-refractivity contribution is 5.94. The molecule has 1 rings (SSSR count). The van der Waals surface area contributed by atoms with Crippen LogP contribution in [0.1, 0.15) is 37.0 Å². The van der Waals surface area contributed by atoms with Crippen LogP contribution in [-0.2, 0) is 9.59 Å². The first kappa shape index (κ1) is 16.7. The topological polar surface area (TPSA) is 109 Å². The Hall–Kier alpha value is -2.31. The van der Waals surface area contributed by atoms with Crippen LogP contribution in [0.2, 0.25) is 0 Å². The number of carboxylic acids is 1. The third-order valence-electron chi connectivity index (χ3n) is 3.22. The molecule has 0 aliphatic carbocycles. The van der Waals surface area contributed by atoms with Crippen molar-refractivity contribution in [1.29, 1.82) is 0 Å². The molecule has 0 aromatic carbocycles. The van der Waals surface area contributed by atoms with Crippen molar-refractivity contribution in [3.63, 3.8) is 0 Å². The van der Waals surface area contributed by atoms with Crippen LogP contribution in [0.25, 0.3) is 0 Å². The summed E-state index contributed by atoms with van der Waals surface area (Å²) >= 11 is 0. The van der Waals surface area contributed by atoms with E-state index in [1.165, 1.54) is 18.6 Å². The van der Waals surface area contributed by atoms with Gasteiger partial charge in [-0.05, 0) is 12.0 Å². The molecule has 0 spiro atoms. The highest BCUT2D eigenvalue weighted by atomic mass is 16.4. The van der Waals surface area contributed by atoms with Crippen LogP contribution in [0, 0.1) is 5.92 Å². The van der Waals surface area contributed by atoms with Gasteiger partial charge >= 0.3 is 5.97 Å². The lowest BCUT2D eigenvalue weighted by Crippen LogP contribution is -2.45. The minimum absolute atomic E-state index is 0.0177. The molecule has 7 heteroatoms. The van der Waals surface area contributed by atoms with Gasteiger partial charge in [0.15, 0.2) is 0 Å². The van der Waals surface area contributed by atoms with Crippen molar-refractivity contribution in [2.75, 3.05) is 6.54 Å². The van der Waals surface area contributed by atoms with Gasteiger partial charge in [0.25, 0.3) is 5.91 Å².